The molecule has 2 bridgehead atoms. The third kappa shape index (κ3) is 4.99. The summed E-state index contributed by atoms with van der Waals surface area (Å²) >= 11 is 3.70. The van der Waals surface area contributed by atoms with E-state index in [-0.39, 0.29) is 29.2 Å². The van der Waals surface area contributed by atoms with Gasteiger partial charge in [-0.05, 0) is 36.8 Å². The molecule has 0 aliphatic carbocycles. The van der Waals surface area contributed by atoms with Gasteiger partial charge in [-0.3, -0.25) is 14.4 Å². The molecule has 3 heterocycles. The van der Waals surface area contributed by atoms with Crippen LogP contribution < -0.4 is 10.6 Å². The Bertz CT molecular complexity index is 1150. The molecule has 2 aromatic rings. The number of aliphatic hydroxyl groups is 1. The summed E-state index contributed by atoms with van der Waals surface area (Å²) in [5.74, 6) is -2.10. The maximum Gasteiger partial charge on any atom is 0.246 e. The number of aliphatic hydroxyl groups excluding tert-OH is 1. The fourth-order valence-corrected chi connectivity index (χ4v) is 7.27. The summed E-state index contributed by atoms with van der Waals surface area (Å²) in [5.41, 5.74) is 0.862. The van der Waals surface area contributed by atoms with E-state index in [2.05, 4.69) is 26.6 Å². The van der Waals surface area contributed by atoms with Gasteiger partial charge in [0, 0.05) is 31.1 Å². The zero-order chi connectivity index (χ0) is 26.7. The molecule has 202 valence electrons. The molecule has 3 aliphatic rings. The number of nitrogens with one attached hydrogen (secondary N) is 2. The molecule has 8 nitrogen and oxygen atoms in total. The number of carbonyl (C=O) groups excluding carboxylic acids is 3. The van der Waals surface area contributed by atoms with Crippen LogP contribution in [0.2, 0.25) is 0 Å². The molecule has 3 saturated heterocycles. The predicted octanol–water partition coefficient (Wildman–Crippen LogP) is 2.53. The highest BCUT2D eigenvalue weighted by atomic mass is 79.9. The summed E-state index contributed by atoms with van der Waals surface area (Å²) < 4.78 is 6.52. The van der Waals surface area contributed by atoms with Crippen LogP contribution in [0.15, 0.2) is 60.7 Å². The first kappa shape index (κ1) is 26.8. The van der Waals surface area contributed by atoms with E-state index < -0.39 is 29.6 Å². The van der Waals surface area contributed by atoms with Crippen molar-refractivity contribution in [2.75, 3.05) is 13.2 Å². The average Bonchev–Trinajstić information content (AvgIpc) is 3.53. The number of benzene rings is 2. The lowest BCUT2D eigenvalue weighted by Gasteiger charge is -2.34. The van der Waals surface area contributed by atoms with E-state index in [4.69, 9.17) is 4.74 Å². The maximum atomic E-state index is 13.9. The number of fused-ring (bicyclic) bond motifs is 1. The molecule has 3 amide bonds. The van der Waals surface area contributed by atoms with Crippen molar-refractivity contribution in [1.82, 2.24) is 15.5 Å². The number of hydrogen-bond acceptors (Lipinski definition) is 5. The maximum absolute atomic E-state index is 13.9. The summed E-state index contributed by atoms with van der Waals surface area (Å²) in [7, 11) is 0. The van der Waals surface area contributed by atoms with E-state index in [0.29, 0.717) is 38.9 Å². The summed E-state index contributed by atoms with van der Waals surface area (Å²) in [6, 6.07) is 18.4. The van der Waals surface area contributed by atoms with Gasteiger partial charge in [-0.2, -0.15) is 0 Å². The van der Waals surface area contributed by atoms with E-state index in [1.165, 1.54) is 0 Å². The molecule has 6 atom stereocenters. The number of hydrogen-bond donors (Lipinski definition) is 3. The molecule has 3 aliphatic heterocycles. The lowest BCUT2D eigenvalue weighted by molar-refractivity contribution is -0.142. The van der Waals surface area contributed by atoms with Gasteiger partial charge >= 0.3 is 0 Å². The number of halogens is 1. The second-order valence-electron chi connectivity index (χ2n) is 10.4. The Morgan fingerprint density at radius 3 is 2.16 bits per heavy atom. The van der Waals surface area contributed by atoms with Crippen molar-refractivity contribution in [2.45, 2.75) is 61.3 Å². The smallest absolute Gasteiger partial charge is 0.246 e. The molecule has 3 unspecified atom stereocenters. The minimum Gasteiger partial charge on any atom is -0.396 e. The van der Waals surface area contributed by atoms with E-state index in [1.807, 2.05) is 60.7 Å². The molecular formula is C29H34BrN3O5. The zero-order valence-electron chi connectivity index (χ0n) is 21.2. The normalized spacial score (nSPS) is 29.4. The van der Waals surface area contributed by atoms with Crippen LogP contribution in [0.3, 0.4) is 0 Å². The molecular weight excluding hydrogens is 550 g/mol. The fourth-order valence-electron chi connectivity index (χ4n) is 6.33. The molecule has 0 aromatic heterocycles. The molecule has 0 saturated carbocycles. The number of nitrogens with zero attached hydrogens (tertiary/aromatic N) is 1. The van der Waals surface area contributed by atoms with Crippen molar-refractivity contribution in [3.05, 3.63) is 71.8 Å². The highest BCUT2D eigenvalue weighted by Crippen LogP contribution is 2.60. The third-order valence-electron chi connectivity index (χ3n) is 8.02. The van der Waals surface area contributed by atoms with Crippen LogP contribution in [0.25, 0.3) is 0 Å². The van der Waals surface area contributed by atoms with Gasteiger partial charge in [0.05, 0.1) is 17.9 Å². The Labute approximate surface area is 231 Å². The number of unbranched alkanes of at least 4 members (excludes halogenated alkanes) is 2. The molecule has 3 fully saturated rings. The minimum absolute atomic E-state index is 0.0845. The van der Waals surface area contributed by atoms with Crippen LogP contribution in [0.1, 0.15) is 36.8 Å². The standard InChI is InChI=1S/C29H34BrN3O5/c30-21-16-29-23(22(24(21)38-29)26(35)31-17-19-10-4-1-5-11-19)28(37)33(14-8-3-9-15-34)25(29)27(36)32-18-20-12-6-2-7-13-20/h1-2,4-7,10-13,21-25,34H,3,8-9,14-18H2,(H,31,35)(H,32,36)/t21?,22-,23-,24-,25?,29?/m0/s1. The number of likely N-dealkylation sites (tertiary alicyclic amines) is 1. The predicted molar refractivity (Wildman–Crippen MR) is 145 cm³/mol. The SMILES string of the molecule is O=C(NCc1ccccc1)C1N(CCCCCO)C(=O)[C@@H]2[C@H](C(=O)NCc3ccccc3)[C@H]3OC12CC3Br. The van der Waals surface area contributed by atoms with Gasteiger partial charge in [-0.1, -0.05) is 76.6 Å². The largest absolute Gasteiger partial charge is 0.396 e. The van der Waals surface area contributed by atoms with Gasteiger partial charge in [-0.25, -0.2) is 0 Å². The van der Waals surface area contributed by atoms with Crippen molar-refractivity contribution in [1.29, 1.82) is 0 Å². The van der Waals surface area contributed by atoms with Gasteiger partial charge < -0.3 is 25.4 Å². The minimum atomic E-state index is -1.07. The fraction of sp³-hybridized carbons (Fsp3) is 0.483. The van der Waals surface area contributed by atoms with Gasteiger partial charge in [0.2, 0.25) is 17.7 Å². The first-order chi connectivity index (χ1) is 18.5. The monoisotopic (exact) mass is 583 g/mol. The van der Waals surface area contributed by atoms with E-state index >= 15 is 0 Å². The van der Waals surface area contributed by atoms with Gasteiger partial charge in [0.1, 0.15) is 11.6 Å². The van der Waals surface area contributed by atoms with Gasteiger partial charge in [0.25, 0.3) is 0 Å². The van der Waals surface area contributed by atoms with Crippen LogP contribution >= 0.6 is 15.9 Å². The highest BCUT2D eigenvalue weighted by Gasteiger charge is 2.76. The quantitative estimate of drug-likeness (QED) is 0.278. The average molecular weight is 585 g/mol. The molecule has 0 radical (unpaired) electrons. The zero-order valence-corrected chi connectivity index (χ0v) is 22.8. The van der Waals surface area contributed by atoms with Crippen LogP contribution in [0.4, 0.5) is 0 Å². The highest BCUT2D eigenvalue weighted by molar-refractivity contribution is 9.09. The second kappa shape index (κ2) is 11.6. The van der Waals surface area contributed by atoms with E-state index in [9.17, 15) is 19.5 Å². The lowest BCUT2D eigenvalue weighted by Crippen LogP contribution is -2.56. The van der Waals surface area contributed by atoms with Crippen LogP contribution in [-0.2, 0) is 32.2 Å². The van der Waals surface area contributed by atoms with E-state index in [0.717, 1.165) is 17.5 Å². The Kier molecular flexibility index (Phi) is 8.16. The number of alkyl halides is 1. The Hall–Kier alpha value is -2.75. The summed E-state index contributed by atoms with van der Waals surface area (Å²) in [4.78, 5) is 42.7. The first-order valence-electron chi connectivity index (χ1n) is 13.3. The summed E-state index contributed by atoms with van der Waals surface area (Å²) in [6.45, 7) is 1.16. The van der Waals surface area contributed by atoms with Crippen molar-refractivity contribution < 1.29 is 24.2 Å². The number of ether oxygens (including phenoxy) is 1. The summed E-state index contributed by atoms with van der Waals surface area (Å²) in [6.07, 6.45) is 2.02. The van der Waals surface area contributed by atoms with Crippen LogP contribution in [0, 0.1) is 11.8 Å². The third-order valence-corrected chi connectivity index (χ3v) is 8.86. The number of rotatable bonds is 11. The molecule has 9 heteroatoms. The van der Waals surface area contributed by atoms with Gasteiger partial charge in [-0.15, -0.1) is 0 Å². The van der Waals surface area contributed by atoms with Crippen molar-refractivity contribution in [2.24, 2.45) is 11.8 Å². The second-order valence-corrected chi connectivity index (χ2v) is 11.6. The van der Waals surface area contributed by atoms with Crippen LogP contribution in [-0.4, -0.2) is 63.5 Å². The van der Waals surface area contributed by atoms with Crippen molar-refractivity contribution >= 4 is 33.7 Å². The Morgan fingerprint density at radius 1 is 0.947 bits per heavy atom. The topological polar surface area (TPSA) is 108 Å². The van der Waals surface area contributed by atoms with Crippen molar-refractivity contribution in [3.8, 4) is 0 Å². The molecule has 2 aromatic carbocycles. The van der Waals surface area contributed by atoms with Gasteiger partial charge in [0.15, 0.2) is 0 Å². The lowest BCUT2D eigenvalue weighted by atomic mass is 9.70. The Balaban J connectivity index is 1.39. The molecule has 5 rings (SSSR count). The molecule has 1 spiro atoms. The van der Waals surface area contributed by atoms with Crippen LogP contribution in [0.5, 0.6) is 0 Å². The van der Waals surface area contributed by atoms with Crippen molar-refractivity contribution in [3.63, 3.8) is 0 Å². The first-order valence-corrected chi connectivity index (χ1v) is 14.2. The van der Waals surface area contributed by atoms with E-state index in [1.54, 1.807) is 4.90 Å². The molecule has 38 heavy (non-hydrogen) atoms. The molecule has 3 N–H and O–H groups in total. The summed E-state index contributed by atoms with van der Waals surface area (Å²) in [5, 5.41) is 15.2. The Morgan fingerprint density at radius 2 is 1.55 bits per heavy atom. The number of amides is 3. The number of carbonyl (C=O) groups is 3.